The molecule has 372 valence electrons. The third-order valence-electron chi connectivity index (χ3n) is 13.7. The fourth-order valence-electron chi connectivity index (χ4n) is 9.85. The number of halogens is 1. The van der Waals surface area contributed by atoms with E-state index in [1.807, 2.05) is 61.5 Å². The summed E-state index contributed by atoms with van der Waals surface area (Å²) < 4.78 is 45.6. The van der Waals surface area contributed by atoms with E-state index >= 15 is 0 Å². The first kappa shape index (κ1) is 49.9. The maximum atomic E-state index is 13.7. The van der Waals surface area contributed by atoms with Crippen LogP contribution >= 0.6 is 11.6 Å². The van der Waals surface area contributed by atoms with Gasteiger partial charge in [0.15, 0.2) is 23.0 Å². The minimum absolute atomic E-state index is 0.0180. The van der Waals surface area contributed by atoms with Crippen LogP contribution in [0.4, 0.5) is 5.69 Å². The number of carbonyl (C=O) groups is 5. The Morgan fingerprint density at radius 3 is 2.04 bits per heavy atom. The topological polar surface area (TPSA) is 186 Å². The number of benzene rings is 5. The molecule has 16 nitrogen and oxygen atoms in total. The summed E-state index contributed by atoms with van der Waals surface area (Å²) in [6.45, 7) is 4.51. The molecular formula is C54H56ClN3O13. The van der Waals surface area contributed by atoms with E-state index in [1.165, 1.54) is 21.3 Å². The number of anilines is 1. The molecule has 3 unspecified atom stereocenters. The monoisotopic (exact) mass is 989 g/mol. The first-order valence-corrected chi connectivity index (χ1v) is 23.6. The molecule has 0 radical (unpaired) electrons. The Balaban J connectivity index is 0.867. The van der Waals surface area contributed by atoms with Gasteiger partial charge in [0.05, 0.1) is 41.5 Å². The van der Waals surface area contributed by atoms with Crippen molar-refractivity contribution < 1.29 is 61.9 Å². The van der Waals surface area contributed by atoms with Crippen LogP contribution in [0.25, 0.3) is 0 Å². The zero-order valence-corrected chi connectivity index (χ0v) is 41.1. The van der Waals surface area contributed by atoms with Gasteiger partial charge in [0.1, 0.15) is 11.4 Å². The SMILES string of the molecule is COc1ccc2c(c1)C(CC(=O)NCc1ccc(CNC(=O)CCC(=O)O[C@]3(C)c4cc5c(cc4[C@H](c4cc(OC)c(OC)c(OC)c4)CC3COC=O)OCO5)cc1)C(C)N2C(=O)c1ccc(Cl)cc1. The molecule has 2 heterocycles. The van der Waals surface area contributed by atoms with Gasteiger partial charge in [-0.1, -0.05) is 35.9 Å². The van der Waals surface area contributed by atoms with Crippen LogP contribution in [0, 0.1) is 5.92 Å². The van der Waals surface area contributed by atoms with Crippen LogP contribution in [0.1, 0.15) is 95.1 Å². The van der Waals surface area contributed by atoms with Crippen molar-refractivity contribution >= 4 is 47.5 Å². The van der Waals surface area contributed by atoms with Crippen LogP contribution < -0.4 is 44.0 Å². The van der Waals surface area contributed by atoms with Gasteiger partial charge in [-0.25, -0.2) is 0 Å². The van der Waals surface area contributed by atoms with Gasteiger partial charge in [0, 0.05) is 71.6 Å². The Labute approximate surface area is 416 Å². The Morgan fingerprint density at radius 1 is 0.775 bits per heavy atom. The molecule has 0 saturated heterocycles. The van der Waals surface area contributed by atoms with Crippen LogP contribution in [0.15, 0.2) is 91.0 Å². The number of ether oxygens (including phenoxy) is 8. The molecule has 17 heteroatoms. The minimum Gasteiger partial charge on any atom is -0.497 e. The summed E-state index contributed by atoms with van der Waals surface area (Å²) >= 11 is 6.08. The third kappa shape index (κ3) is 10.5. The average molecular weight is 991 g/mol. The van der Waals surface area contributed by atoms with E-state index < -0.39 is 17.5 Å². The molecule has 0 spiro atoms. The van der Waals surface area contributed by atoms with E-state index in [4.69, 9.17) is 49.5 Å². The van der Waals surface area contributed by atoms with Gasteiger partial charge in [-0.2, -0.15) is 0 Å². The molecule has 71 heavy (non-hydrogen) atoms. The maximum absolute atomic E-state index is 13.7. The lowest BCUT2D eigenvalue weighted by molar-refractivity contribution is -0.171. The second kappa shape index (κ2) is 21.7. The van der Waals surface area contributed by atoms with Crippen LogP contribution in [-0.4, -0.2) is 78.0 Å². The smallest absolute Gasteiger partial charge is 0.307 e. The summed E-state index contributed by atoms with van der Waals surface area (Å²) in [5, 5.41) is 6.42. The van der Waals surface area contributed by atoms with Crippen LogP contribution in [0.3, 0.4) is 0 Å². The van der Waals surface area contributed by atoms with Crippen molar-refractivity contribution in [1.29, 1.82) is 0 Å². The first-order valence-electron chi connectivity index (χ1n) is 23.2. The fourth-order valence-corrected chi connectivity index (χ4v) is 9.98. The molecule has 3 amide bonds. The highest BCUT2D eigenvalue weighted by molar-refractivity contribution is 6.30. The molecule has 5 aromatic rings. The Kier molecular flexibility index (Phi) is 15.2. The molecule has 5 atom stereocenters. The normalized spacial score (nSPS) is 19.4. The number of esters is 1. The third-order valence-corrected chi connectivity index (χ3v) is 13.9. The lowest BCUT2D eigenvalue weighted by Crippen LogP contribution is -2.44. The molecule has 2 N–H and O–H groups in total. The molecule has 0 saturated carbocycles. The number of fused-ring (bicyclic) bond motifs is 3. The van der Waals surface area contributed by atoms with E-state index in [0.29, 0.717) is 63.5 Å². The minimum atomic E-state index is -1.31. The van der Waals surface area contributed by atoms with E-state index in [2.05, 4.69) is 10.6 Å². The van der Waals surface area contributed by atoms with Crippen LogP contribution in [-0.2, 0) is 47.3 Å². The highest BCUT2D eigenvalue weighted by atomic mass is 35.5. The van der Waals surface area contributed by atoms with Crippen molar-refractivity contribution in [2.75, 3.05) is 46.7 Å². The number of rotatable bonds is 19. The first-order chi connectivity index (χ1) is 34.3. The summed E-state index contributed by atoms with van der Waals surface area (Å²) in [7, 11) is 6.18. The second-order valence-corrected chi connectivity index (χ2v) is 18.2. The number of hydrogen-bond acceptors (Lipinski definition) is 13. The van der Waals surface area contributed by atoms with Gasteiger partial charge < -0.3 is 53.4 Å². The zero-order chi connectivity index (χ0) is 50.4. The molecule has 5 aromatic carbocycles. The number of nitrogens with one attached hydrogen (secondary N) is 2. The standard InChI is InChI=1S/C54H56ClN3O13/c1-31-39(42-22-38(64-3)15-16-44(42)58(31)53(63)34-11-13-37(55)14-12-34)24-50(61)57-27-33-9-7-32(8-10-33)26-56-49(60)17-18-51(62)71-54(2)36(28-68-29-59)21-40(41-23-45-46(25-43(41)54)70-30-69-45)35-19-47(65-4)52(67-6)48(20-35)66-5/h7-16,19-20,22-23,25,29,31,36,39-40H,17-18,21,24,26-28,30H2,1-6H3,(H,56,60)(H,57,61)/t31?,36?,39?,40-,54-/m0/s1. The predicted molar refractivity (Wildman–Crippen MR) is 262 cm³/mol. The molecule has 1 aliphatic carbocycles. The highest BCUT2D eigenvalue weighted by Crippen LogP contribution is 2.55. The Morgan fingerprint density at radius 2 is 1.42 bits per heavy atom. The lowest BCUT2D eigenvalue weighted by atomic mass is 9.66. The summed E-state index contributed by atoms with van der Waals surface area (Å²) in [5.41, 5.74) is 4.70. The molecule has 0 aromatic heterocycles. The summed E-state index contributed by atoms with van der Waals surface area (Å²) in [6, 6.07) is 26.8. The van der Waals surface area contributed by atoms with E-state index in [1.54, 1.807) is 55.3 Å². The van der Waals surface area contributed by atoms with Gasteiger partial charge in [0.2, 0.25) is 24.4 Å². The van der Waals surface area contributed by atoms with Gasteiger partial charge in [-0.15, -0.1) is 0 Å². The van der Waals surface area contributed by atoms with Crippen molar-refractivity contribution in [3.8, 4) is 34.5 Å². The number of amides is 3. The fraction of sp³-hybridized carbons (Fsp3) is 0.352. The van der Waals surface area contributed by atoms with Crippen molar-refractivity contribution in [2.24, 2.45) is 5.92 Å². The van der Waals surface area contributed by atoms with Crippen molar-refractivity contribution in [3.63, 3.8) is 0 Å². The van der Waals surface area contributed by atoms with Crippen molar-refractivity contribution in [2.45, 2.75) is 76.1 Å². The molecule has 0 bridgehead atoms. The maximum Gasteiger partial charge on any atom is 0.307 e. The van der Waals surface area contributed by atoms with Crippen molar-refractivity contribution in [3.05, 3.63) is 135 Å². The molecular weight excluding hydrogens is 934 g/mol. The highest BCUT2D eigenvalue weighted by Gasteiger charge is 2.49. The Hall–Kier alpha value is -7.46. The quantitative estimate of drug-likeness (QED) is 0.0598. The molecule has 2 aliphatic heterocycles. The van der Waals surface area contributed by atoms with Gasteiger partial charge in [0.25, 0.3) is 12.4 Å². The van der Waals surface area contributed by atoms with E-state index in [9.17, 15) is 24.0 Å². The van der Waals surface area contributed by atoms with E-state index in [0.717, 1.165) is 33.5 Å². The number of hydrogen-bond donors (Lipinski definition) is 2. The molecule has 3 aliphatic rings. The van der Waals surface area contributed by atoms with Gasteiger partial charge >= 0.3 is 5.97 Å². The van der Waals surface area contributed by atoms with Gasteiger partial charge in [-0.05, 0) is 115 Å². The summed E-state index contributed by atoms with van der Waals surface area (Å²) in [4.78, 5) is 67.3. The Bertz CT molecular complexity index is 2780. The molecule has 8 rings (SSSR count). The molecule has 0 fully saturated rings. The van der Waals surface area contributed by atoms with Gasteiger partial charge in [-0.3, -0.25) is 24.0 Å². The summed E-state index contributed by atoms with van der Waals surface area (Å²) in [5.74, 6) is 0.538. The zero-order valence-electron chi connectivity index (χ0n) is 40.3. The number of carbonyl (C=O) groups excluding carboxylic acids is 5. The number of methoxy groups -OCH3 is 4. The van der Waals surface area contributed by atoms with E-state index in [-0.39, 0.29) is 81.4 Å². The van der Waals surface area contributed by atoms with Crippen LogP contribution in [0.5, 0.6) is 34.5 Å². The van der Waals surface area contributed by atoms with Crippen LogP contribution in [0.2, 0.25) is 5.02 Å². The van der Waals surface area contributed by atoms with Crippen molar-refractivity contribution in [1.82, 2.24) is 10.6 Å². The second-order valence-electron chi connectivity index (χ2n) is 17.8. The average Bonchev–Trinajstić information content (AvgIpc) is 3.96. The number of nitrogens with zero attached hydrogens (tertiary/aromatic N) is 1. The lowest BCUT2D eigenvalue weighted by Gasteiger charge is -2.45. The predicted octanol–water partition coefficient (Wildman–Crippen LogP) is 8.12. The summed E-state index contributed by atoms with van der Waals surface area (Å²) in [6.07, 6.45) is 0.176. The largest absolute Gasteiger partial charge is 0.497 e.